The van der Waals surface area contributed by atoms with Crippen molar-refractivity contribution in [2.75, 3.05) is 25.6 Å². The number of fused-ring (bicyclic) bond motifs is 2. The van der Waals surface area contributed by atoms with E-state index in [0.717, 1.165) is 28.4 Å². The third kappa shape index (κ3) is 5.13. The van der Waals surface area contributed by atoms with E-state index in [1.54, 1.807) is 22.6 Å². The second-order valence-electron chi connectivity index (χ2n) is 9.43. The zero-order chi connectivity index (χ0) is 27.4. The van der Waals surface area contributed by atoms with Crippen LogP contribution in [0.5, 0.6) is 0 Å². The molecule has 0 saturated heterocycles. The van der Waals surface area contributed by atoms with Gasteiger partial charge in [-0.15, -0.1) is 0 Å². The van der Waals surface area contributed by atoms with E-state index in [9.17, 15) is 9.59 Å². The molecule has 2 amide bonds. The Morgan fingerprint density at radius 2 is 1.64 bits per heavy atom. The molecule has 1 atom stereocenters. The van der Waals surface area contributed by atoms with Crippen LogP contribution in [0.1, 0.15) is 31.3 Å². The second-order valence-corrected chi connectivity index (χ2v) is 9.43. The summed E-state index contributed by atoms with van der Waals surface area (Å²) in [7, 11) is 1.60. The molecule has 1 aromatic heterocycles. The number of para-hydroxylation sites is 2. The molecule has 5 aromatic rings. The van der Waals surface area contributed by atoms with Crippen molar-refractivity contribution in [2.24, 2.45) is 0 Å². The number of hydrogen-bond acceptors (Lipinski definition) is 4. The predicted octanol–water partition coefficient (Wildman–Crippen LogP) is 6.34. The summed E-state index contributed by atoms with van der Waals surface area (Å²) in [5.41, 5.74) is 2.94. The van der Waals surface area contributed by atoms with Crippen molar-refractivity contribution >= 4 is 33.4 Å². The van der Waals surface area contributed by atoms with Gasteiger partial charge in [0.05, 0.1) is 34.9 Å². The number of urea groups is 1. The summed E-state index contributed by atoms with van der Waals surface area (Å²) in [4.78, 5) is 34.4. The average Bonchev–Trinajstić information content (AvgIpc) is 2.97. The lowest BCUT2D eigenvalue weighted by Crippen LogP contribution is -2.41. The molecule has 1 heterocycles. The molecule has 1 unspecified atom stereocenters. The fraction of sp³-hybridized carbons (Fsp3) is 0.219. The number of hydrogen-bond donors (Lipinski definition) is 1. The zero-order valence-electron chi connectivity index (χ0n) is 22.4. The lowest BCUT2D eigenvalue weighted by Gasteiger charge is -2.31. The Hall–Kier alpha value is -4.49. The Morgan fingerprint density at radius 1 is 0.949 bits per heavy atom. The number of benzene rings is 4. The Balaban J connectivity index is 1.63. The monoisotopic (exact) mass is 520 g/mol. The first-order valence-corrected chi connectivity index (χ1v) is 13.2. The van der Waals surface area contributed by atoms with Crippen molar-refractivity contribution in [1.29, 1.82) is 0 Å². The van der Waals surface area contributed by atoms with Gasteiger partial charge in [-0.1, -0.05) is 73.7 Å². The first kappa shape index (κ1) is 26.1. The summed E-state index contributed by atoms with van der Waals surface area (Å²) in [5, 5.41) is 5.61. The van der Waals surface area contributed by atoms with Gasteiger partial charge in [0.1, 0.15) is 5.82 Å². The van der Waals surface area contributed by atoms with Gasteiger partial charge < -0.3 is 15.0 Å². The van der Waals surface area contributed by atoms with Gasteiger partial charge in [0, 0.05) is 19.0 Å². The topological polar surface area (TPSA) is 76.5 Å². The maximum absolute atomic E-state index is 13.9. The minimum Gasteiger partial charge on any atom is -0.383 e. The van der Waals surface area contributed by atoms with Crippen LogP contribution in [0.2, 0.25) is 0 Å². The van der Waals surface area contributed by atoms with Crippen molar-refractivity contribution in [3.63, 3.8) is 0 Å². The van der Waals surface area contributed by atoms with Crippen LogP contribution in [0, 0.1) is 0 Å². The number of aromatic nitrogens is 2. The van der Waals surface area contributed by atoms with Crippen LogP contribution in [0.3, 0.4) is 0 Å². The van der Waals surface area contributed by atoms with Gasteiger partial charge in [-0.2, -0.15) is 0 Å². The van der Waals surface area contributed by atoms with E-state index in [1.165, 1.54) is 0 Å². The lowest BCUT2D eigenvalue weighted by molar-refractivity contribution is 0.137. The summed E-state index contributed by atoms with van der Waals surface area (Å²) >= 11 is 0. The highest BCUT2D eigenvalue weighted by atomic mass is 16.5. The molecule has 0 aliphatic carbocycles. The number of aryl methyl sites for hydroxylation is 1. The van der Waals surface area contributed by atoms with Crippen LogP contribution < -0.4 is 10.9 Å². The van der Waals surface area contributed by atoms with E-state index in [-0.39, 0.29) is 11.6 Å². The third-order valence-corrected chi connectivity index (χ3v) is 7.08. The van der Waals surface area contributed by atoms with Crippen molar-refractivity contribution in [1.82, 2.24) is 14.5 Å². The summed E-state index contributed by atoms with van der Waals surface area (Å²) in [6.45, 7) is 4.60. The summed E-state index contributed by atoms with van der Waals surface area (Å²) in [6, 6.07) is 28.1. The van der Waals surface area contributed by atoms with E-state index in [4.69, 9.17) is 9.72 Å². The SMILES string of the molecule is CCc1ccccc1-n1c(C(C)N(CCOC)C(=O)Nc2cccc3ccccc23)nc2ccccc2c1=O. The zero-order valence-corrected chi connectivity index (χ0v) is 22.4. The van der Waals surface area contributed by atoms with Crippen molar-refractivity contribution in [2.45, 2.75) is 26.3 Å². The van der Waals surface area contributed by atoms with Gasteiger partial charge in [-0.3, -0.25) is 9.36 Å². The normalized spacial score (nSPS) is 12.0. The maximum Gasteiger partial charge on any atom is 0.322 e. The second kappa shape index (κ2) is 11.5. The van der Waals surface area contributed by atoms with Crippen LogP contribution >= 0.6 is 0 Å². The minimum atomic E-state index is -0.544. The smallest absolute Gasteiger partial charge is 0.322 e. The van der Waals surface area contributed by atoms with Crippen LogP contribution in [-0.4, -0.2) is 40.7 Å². The van der Waals surface area contributed by atoms with Gasteiger partial charge >= 0.3 is 6.03 Å². The number of rotatable bonds is 8. The molecule has 0 spiro atoms. The molecular formula is C32H32N4O3. The quantitative estimate of drug-likeness (QED) is 0.259. The number of carbonyl (C=O) groups excluding carboxylic acids is 1. The van der Waals surface area contributed by atoms with E-state index in [1.807, 2.05) is 91.9 Å². The Kier molecular flexibility index (Phi) is 7.70. The Morgan fingerprint density at radius 3 is 2.44 bits per heavy atom. The molecule has 4 aromatic carbocycles. The molecule has 0 fully saturated rings. The van der Waals surface area contributed by atoms with Gasteiger partial charge in [-0.25, -0.2) is 9.78 Å². The predicted molar refractivity (Wildman–Crippen MR) is 157 cm³/mol. The fourth-order valence-corrected chi connectivity index (χ4v) is 5.01. The number of nitrogens with zero attached hydrogens (tertiary/aromatic N) is 3. The number of ether oxygens (including phenoxy) is 1. The van der Waals surface area contributed by atoms with Crippen molar-refractivity contribution in [3.05, 3.63) is 113 Å². The molecule has 0 aliphatic heterocycles. The lowest BCUT2D eigenvalue weighted by atomic mass is 10.1. The van der Waals surface area contributed by atoms with Gasteiger partial charge in [0.2, 0.25) is 0 Å². The van der Waals surface area contributed by atoms with Crippen molar-refractivity contribution in [3.8, 4) is 5.69 Å². The number of carbonyl (C=O) groups is 1. The fourth-order valence-electron chi connectivity index (χ4n) is 5.01. The Labute approximate surface area is 227 Å². The first-order chi connectivity index (χ1) is 19.0. The Bertz CT molecular complexity index is 1690. The molecule has 39 heavy (non-hydrogen) atoms. The highest BCUT2D eigenvalue weighted by Crippen LogP contribution is 2.27. The summed E-state index contributed by atoms with van der Waals surface area (Å²) < 4.78 is 7.03. The highest BCUT2D eigenvalue weighted by Gasteiger charge is 2.27. The van der Waals surface area contributed by atoms with Crippen LogP contribution in [0.4, 0.5) is 10.5 Å². The molecule has 1 N–H and O–H groups in total. The number of amides is 2. The average molecular weight is 521 g/mol. The third-order valence-electron chi connectivity index (χ3n) is 7.08. The standard InChI is InChI=1S/C32H32N4O3/c1-4-23-12-6-10-19-29(23)36-30(33-28-17-9-8-16-26(28)31(36)37)22(2)35(20-21-39-3)32(38)34-27-18-11-14-24-13-5-7-15-25(24)27/h5-19,22H,4,20-21H2,1-3H3,(H,34,38). The number of methoxy groups -OCH3 is 1. The van der Waals surface area contributed by atoms with Crippen LogP contribution in [0.15, 0.2) is 95.8 Å². The summed E-state index contributed by atoms with van der Waals surface area (Å²) in [5.74, 6) is 0.490. The minimum absolute atomic E-state index is 0.162. The van der Waals surface area contributed by atoms with Gasteiger partial charge in [-0.05, 0) is 48.6 Å². The molecule has 0 aliphatic rings. The van der Waals surface area contributed by atoms with E-state index in [0.29, 0.717) is 35.6 Å². The van der Waals surface area contributed by atoms with E-state index in [2.05, 4.69) is 12.2 Å². The maximum atomic E-state index is 13.9. The van der Waals surface area contributed by atoms with E-state index < -0.39 is 6.04 Å². The molecule has 198 valence electrons. The highest BCUT2D eigenvalue weighted by molar-refractivity contribution is 6.01. The largest absolute Gasteiger partial charge is 0.383 e. The number of anilines is 1. The van der Waals surface area contributed by atoms with Crippen LogP contribution in [0.25, 0.3) is 27.4 Å². The van der Waals surface area contributed by atoms with Crippen molar-refractivity contribution < 1.29 is 9.53 Å². The molecular weight excluding hydrogens is 488 g/mol. The van der Waals surface area contributed by atoms with Crippen LogP contribution in [-0.2, 0) is 11.2 Å². The summed E-state index contributed by atoms with van der Waals surface area (Å²) in [6.07, 6.45) is 0.748. The molecule has 7 nitrogen and oxygen atoms in total. The molecule has 7 heteroatoms. The van der Waals surface area contributed by atoms with Gasteiger partial charge in [0.15, 0.2) is 0 Å². The van der Waals surface area contributed by atoms with E-state index >= 15 is 0 Å². The number of nitrogens with one attached hydrogen (secondary N) is 1. The molecule has 0 saturated carbocycles. The molecule has 5 rings (SSSR count). The van der Waals surface area contributed by atoms with Gasteiger partial charge in [0.25, 0.3) is 5.56 Å². The molecule has 0 radical (unpaired) electrons. The molecule has 0 bridgehead atoms. The first-order valence-electron chi connectivity index (χ1n) is 13.2.